The SMILES string of the molecule is COc1ccc(C)cc1N(CC(=O)N(Cc1ccc(Cl)cc1Cl)[C@H](C)C(=O)NC(C)(C)C)S(=O)(=O)c1ccc(C)cc1. The van der Waals surface area contributed by atoms with Gasteiger partial charge in [0, 0.05) is 22.1 Å². The Morgan fingerprint density at radius 1 is 0.952 bits per heavy atom. The van der Waals surface area contributed by atoms with Gasteiger partial charge in [-0.25, -0.2) is 8.42 Å². The molecule has 1 N–H and O–H groups in total. The largest absolute Gasteiger partial charge is 0.495 e. The van der Waals surface area contributed by atoms with Gasteiger partial charge in [0.25, 0.3) is 10.0 Å². The first-order valence-electron chi connectivity index (χ1n) is 13.3. The number of sulfonamides is 1. The molecule has 11 heteroatoms. The van der Waals surface area contributed by atoms with E-state index in [1.807, 2.05) is 34.6 Å². The van der Waals surface area contributed by atoms with Crippen LogP contribution in [0.15, 0.2) is 65.6 Å². The van der Waals surface area contributed by atoms with Crippen LogP contribution in [-0.2, 0) is 26.2 Å². The molecular formula is C31H37Cl2N3O5S. The molecule has 8 nitrogen and oxygen atoms in total. The van der Waals surface area contributed by atoms with E-state index in [1.54, 1.807) is 55.5 Å². The first kappa shape index (κ1) is 33.2. The average molecular weight is 635 g/mol. The summed E-state index contributed by atoms with van der Waals surface area (Å²) in [5, 5.41) is 3.63. The average Bonchev–Trinajstić information content (AvgIpc) is 2.90. The van der Waals surface area contributed by atoms with Crippen LogP contribution in [0.5, 0.6) is 5.75 Å². The number of benzene rings is 3. The number of nitrogens with one attached hydrogen (secondary N) is 1. The topological polar surface area (TPSA) is 96.0 Å². The Labute approximate surface area is 258 Å². The molecule has 42 heavy (non-hydrogen) atoms. The van der Waals surface area contributed by atoms with E-state index in [0.29, 0.717) is 15.6 Å². The highest BCUT2D eigenvalue weighted by atomic mass is 35.5. The van der Waals surface area contributed by atoms with Gasteiger partial charge in [0.2, 0.25) is 11.8 Å². The number of carbonyl (C=O) groups is 2. The zero-order chi connectivity index (χ0) is 31.4. The number of hydrogen-bond acceptors (Lipinski definition) is 5. The van der Waals surface area contributed by atoms with Crippen molar-refractivity contribution in [2.24, 2.45) is 0 Å². The first-order chi connectivity index (χ1) is 19.5. The summed E-state index contributed by atoms with van der Waals surface area (Å²) in [5.41, 5.74) is 1.83. The lowest BCUT2D eigenvalue weighted by Gasteiger charge is -2.34. The van der Waals surface area contributed by atoms with Crippen molar-refractivity contribution in [3.63, 3.8) is 0 Å². The Hall–Kier alpha value is -3.27. The van der Waals surface area contributed by atoms with Crippen LogP contribution in [0.4, 0.5) is 5.69 Å². The number of amides is 2. The van der Waals surface area contributed by atoms with Crippen LogP contribution in [0, 0.1) is 13.8 Å². The van der Waals surface area contributed by atoms with E-state index in [4.69, 9.17) is 27.9 Å². The van der Waals surface area contributed by atoms with Crippen LogP contribution in [0.2, 0.25) is 10.0 Å². The number of carbonyl (C=O) groups excluding carboxylic acids is 2. The molecule has 0 aliphatic carbocycles. The number of rotatable bonds is 10. The molecule has 1 atom stereocenters. The number of anilines is 1. The first-order valence-corrected chi connectivity index (χ1v) is 15.5. The maximum Gasteiger partial charge on any atom is 0.264 e. The highest BCUT2D eigenvalue weighted by Crippen LogP contribution is 2.34. The molecule has 0 bridgehead atoms. The smallest absolute Gasteiger partial charge is 0.264 e. The van der Waals surface area contributed by atoms with Crippen LogP contribution in [0.25, 0.3) is 0 Å². The summed E-state index contributed by atoms with van der Waals surface area (Å²) in [7, 11) is -2.82. The molecule has 3 aromatic rings. The third-order valence-corrected chi connectivity index (χ3v) is 8.87. The second-order valence-corrected chi connectivity index (χ2v) is 13.9. The predicted molar refractivity (Wildman–Crippen MR) is 168 cm³/mol. The van der Waals surface area contributed by atoms with Crippen molar-refractivity contribution >= 4 is 50.7 Å². The van der Waals surface area contributed by atoms with Gasteiger partial charge in [-0.05, 0) is 89.1 Å². The van der Waals surface area contributed by atoms with E-state index < -0.39 is 40.0 Å². The molecular weight excluding hydrogens is 597 g/mol. The molecule has 0 saturated carbocycles. The van der Waals surface area contributed by atoms with Crippen molar-refractivity contribution < 1.29 is 22.7 Å². The quantitative estimate of drug-likeness (QED) is 0.289. The Balaban J connectivity index is 2.13. The summed E-state index contributed by atoms with van der Waals surface area (Å²) in [5.74, 6) is -0.742. The van der Waals surface area contributed by atoms with Crippen LogP contribution in [-0.4, -0.2) is 50.4 Å². The van der Waals surface area contributed by atoms with Gasteiger partial charge in [0.1, 0.15) is 18.3 Å². The molecule has 0 spiro atoms. The molecule has 2 amide bonds. The third-order valence-electron chi connectivity index (χ3n) is 6.51. The van der Waals surface area contributed by atoms with E-state index in [0.717, 1.165) is 15.4 Å². The van der Waals surface area contributed by atoms with Crippen LogP contribution < -0.4 is 14.4 Å². The zero-order valence-corrected chi connectivity index (χ0v) is 27.2. The van der Waals surface area contributed by atoms with E-state index in [2.05, 4.69) is 5.32 Å². The Morgan fingerprint density at radius 2 is 1.57 bits per heavy atom. The molecule has 0 aliphatic heterocycles. The molecule has 3 rings (SSSR count). The van der Waals surface area contributed by atoms with Crippen molar-refractivity contribution in [3.05, 3.63) is 87.4 Å². The predicted octanol–water partition coefficient (Wildman–Crippen LogP) is 6.15. The molecule has 0 saturated heterocycles. The van der Waals surface area contributed by atoms with Gasteiger partial charge < -0.3 is 15.0 Å². The van der Waals surface area contributed by atoms with Crippen LogP contribution >= 0.6 is 23.2 Å². The van der Waals surface area contributed by atoms with Gasteiger partial charge in [-0.3, -0.25) is 13.9 Å². The van der Waals surface area contributed by atoms with Crippen molar-refractivity contribution in [3.8, 4) is 5.75 Å². The Bertz CT molecular complexity index is 1550. The lowest BCUT2D eigenvalue weighted by Crippen LogP contribution is -2.54. The fourth-order valence-corrected chi connectivity index (χ4v) is 6.12. The van der Waals surface area contributed by atoms with Gasteiger partial charge in [-0.15, -0.1) is 0 Å². The summed E-state index contributed by atoms with van der Waals surface area (Å²) >= 11 is 12.5. The van der Waals surface area contributed by atoms with Crippen molar-refractivity contribution in [2.75, 3.05) is 18.0 Å². The molecule has 0 radical (unpaired) electrons. The van der Waals surface area contributed by atoms with Crippen LogP contribution in [0.1, 0.15) is 44.4 Å². The minimum absolute atomic E-state index is 0.00952. The van der Waals surface area contributed by atoms with Gasteiger partial charge in [-0.1, -0.05) is 53.0 Å². The molecule has 0 unspecified atom stereocenters. The number of aryl methyl sites for hydroxylation is 2. The summed E-state index contributed by atoms with van der Waals surface area (Å²) in [6.45, 7) is 10.1. The standard InChI is InChI=1S/C31H37Cl2N3O5S/c1-20-8-13-25(14-9-20)42(39,40)36(27-16-21(2)10-15-28(27)41-7)19-29(37)35(22(3)30(38)34-31(4,5)6)18-23-11-12-24(32)17-26(23)33/h8-17,22H,18-19H2,1-7H3,(H,34,38)/t22-/m1/s1. The lowest BCUT2D eigenvalue weighted by atomic mass is 10.1. The molecule has 0 aliphatic rings. The molecule has 0 aromatic heterocycles. The van der Waals surface area contributed by atoms with E-state index in [-0.39, 0.29) is 22.9 Å². The highest BCUT2D eigenvalue weighted by Gasteiger charge is 2.34. The van der Waals surface area contributed by atoms with Crippen molar-refractivity contribution in [2.45, 2.75) is 64.6 Å². The van der Waals surface area contributed by atoms with E-state index in [1.165, 1.54) is 24.1 Å². The maximum atomic E-state index is 14.2. The number of halogens is 2. The molecule has 0 fully saturated rings. The normalized spacial score (nSPS) is 12.4. The van der Waals surface area contributed by atoms with E-state index >= 15 is 0 Å². The zero-order valence-electron chi connectivity index (χ0n) is 24.9. The van der Waals surface area contributed by atoms with Crippen molar-refractivity contribution in [1.29, 1.82) is 0 Å². The van der Waals surface area contributed by atoms with Gasteiger partial charge in [-0.2, -0.15) is 0 Å². The van der Waals surface area contributed by atoms with E-state index in [9.17, 15) is 18.0 Å². The summed E-state index contributed by atoms with van der Waals surface area (Å²) in [6, 6.07) is 15.3. The van der Waals surface area contributed by atoms with Gasteiger partial charge in [0.15, 0.2) is 0 Å². The fraction of sp³-hybridized carbons (Fsp3) is 0.355. The second kappa shape index (κ2) is 13.4. The maximum absolute atomic E-state index is 14.2. The van der Waals surface area contributed by atoms with Crippen LogP contribution in [0.3, 0.4) is 0 Å². The summed E-state index contributed by atoms with van der Waals surface area (Å²) < 4.78 is 34.8. The van der Waals surface area contributed by atoms with Gasteiger partial charge >= 0.3 is 0 Å². The number of methoxy groups -OCH3 is 1. The lowest BCUT2D eigenvalue weighted by molar-refractivity contribution is -0.140. The minimum atomic E-state index is -4.25. The fourth-order valence-electron chi connectivity index (χ4n) is 4.24. The Morgan fingerprint density at radius 3 is 2.14 bits per heavy atom. The second-order valence-electron chi connectivity index (χ2n) is 11.2. The number of nitrogens with zero attached hydrogens (tertiary/aromatic N) is 2. The monoisotopic (exact) mass is 633 g/mol. The minimum Gasteiger partial charge on any atom is -0.495 e. The Kier molecular flexibility index (Phi) is 10.6. The number of ether oxygens (including phenoxy) is 1. The third kappa shape index (κ3) is 8.18. The summed E-state index contributed by atoms with van der Waals surface area (Å²) in [4.78, 5) is 28.8. The highest BCUT2D eigenvalue weighted by molar-refractivity contribution is 7.92. The van der Waals surface area contributed by atoms with Crippen molar-refractivity contribution in [1.82, 2.24) is 10.2 Å². The molecule has 0 heterocycles. The summed E-state index contributed by atoms with van der Waals surface area (Å²) in [6.07, 6.45) is 0. The molecule has 226 valence electrons. The van der Waals surface area contributed by atoms with Gasteiger partial charge in [0.05, 0.1) is 17.7 Å². The number of hydrogen-bond donors (Lipinski definition) is 1. The molecule has 3 aromatic carbocycles.